The van der Waals surface area contributed by atoms with Crippen LogP contribution >= 0.6 is 24.8 Å². The predicted molar refractivity (Wildman–Crippen MR) is 98.0 cm³/mol. The minimum absolute atomic E-state index is 0. The first-order valence-corrected chi connectivity index (χ1v) is 7.51. The maximum atomic E-state index is 12.4. The van der Waals surface area contributed by atoms with Crippen molar-refractivity contribution in [1.82, 2.24) is 10.6 Å². The summed E-state index contributed by atoms with van der Waals surface area (Å²) in [7, 11) is 1.92. The third kappa shape index (κ3) is 5.67. The summed E-state index contributed by atoms with van der Waals surface area (Å²) in [5.74, 6) is 0.0479. The average molecular weight is 348 g/mol. The highest BCUT2D eigenvalue weighted by Gasteiger charge is 2.19. The molecule has 0 aromatic heterocycles. The van der Waals surface area contributed by atoms with E-state index >= 15 is 0 Å². The number of hydrogen-bond acceptors (Lipinski definition) is 3. The normalized spacial score (nSPS) is 13.3. The maximum Gasteiger partial charge on any atom is 0.253 e. The fourth-order valence-electron chi connectivity index (χ4n) is 2.63. The molecular weight excluding hydrogens is 321 g/mol. The first-order chi connectivity index (χ1) is 9.72. The number of amides is 1. The number of hydrogen-bond donors (Lipinski definition) is 2. The van der Waals surface area contributed by atoms with Gasteiger partial charge in [0, 0.05) is 25.3 Å². The minimum atomic E-state index is 0. The molecule has 0 aliphatic carbocycles. The molecule has 0 saturated carbocycles. The third-order valence-corrected chi connectivity index (χ3v) is 3.73. The Morgan fingerprint density at radius 1 is 1.18 bits per heavy atom. The van der Waals surface area contributed by atoms with Gasteiger partial charge in [0.2, 0.25) is 0 Å². The molecule has 1 heterocycles. The van der Waals surface area contributed by atoms with Crippen molar-refractivity contribution in [2.75, 3.05) is 38.1 Å². The van der Waals surface area contributed by atoms with E-state index in [0.717, 1.165) is 42.9 Å². The lowest BCUT2D eigenvalue weighted by Crippen LogP contribution is -2.29. The Hall–Kier alpha value is -0.970. The SMILES string of the molecule is CNCCCNC(=O)c1cc(C)ccc1N1CCCC1.Cl.Cl. The summed E-state index contributed by atoms with van der Waals surface area (Å²) >= 11 is 0. The van der Waals surface area contributed by atoms with Gasteiger partial charge in [0.1, 0.15) is 0 Å². The van der Waals surface area contributed by atoms with Crippen molar-refractivity contribution in [1.29, 1.82) is 0 Å². The van der Waals surface area contributed by atoms with Crippen LogP contribution in [0.3, 0.4) is 0 Å². The molecular formula is C16H27Cl2N3O. The highest BCUT2D eigenvalue weighted by atomic mass is 35.5. The molecule has 0 unspecified atom stereocenters. The number of halogens is 2. The molecule has 1 aromatic rings. The fraction of sp³-hybridized carbons (Fsp3) is 0.562. The molecule has 2 rings (SSSR count). The standard InChI is InChI=1S/C16H25N3O.2ClH/c1-13-6-7-15(19-10-3-4-11-19)14(12-13)16(20)18-9-5-8-17-2;;/h6-7,12,17H,3-5,8-11H2,1-2H3,(H,18,20);2*1H. The number of carbonyl (C=O) groups excluding carboxylic acids is 1. The highest BCUT2D eigenvalue weighted by molar-refractivity contribution is 6.00. The van der Waals surface area contributed by atoms with Gasteiger partial charge in [-0.1, -0.05) is 11.6 Å². The molecule has 1 aliphatic rings. The number of rotatable bonds is 6. The quantitative estimate of drug-likeness (QED) is 0.777. The molecule has 6 heteroatoms. The number of nitrogens with zero attached hydrogens (tertiary/aromatic N) is 1. The largest absolute Gasteiger partial charge is 0.371 e. The van der Waals surface area contributed by atoms with Crippen molar-refractivity contribution in [3.8, 4) is 0 Å². The average Bonchev–Trinajstić information content (AvgIpc) is 2.97. The molecule has 0 radical (unpaired) electrons. The van der Waals surface area contributed by atoms with E-state index in [1.165, 1.54) is 12.8 Å². The van der Waals surface area contributed by atoms with E-state index < -0.39 is 0 Å². The van der Waals surface area contributed by atoms with Crippen LogP contribution in [0.4, 0.5) is 5.69 Å². The van der Waals surface area contributed by atoms with E-state index in [-0.39, 0.29) is 30.7 Å². The fourth-order valence-corrected chi connectivity index (χ4v) is 2.63. The number of anilines is 1. The second-order valence-corrected chi connectivity index (χ2v) is 5.43. The second kappa shape index (κ2) is 10.7. The van der Waals surface area contributed by atoms with Gasteiger partial charge in [-0.05, 0) is 51.9 Å². The van der Waals surface area contributed by atoms with E-state index in [1.54, 1.807) is 0 Å². The Morgan fingerprint density at radius 3 is 2.50 bits per heavy atom. The van der Waals surface area contributed by atoms with Crippen LogP contribution in [0.1, 0.15) is 35.2 Å². The predicted octanol–water partition coefficient (Wildman–Crippen LogP) is 2.78. The van der Waals surface area contributed by atoms with Crippen molar-refractivity contribution in [2.24, 2.45) is 0 Å². The van der Waals surface area contributed by atoms with E-state index in [4.69, 9.17) is 0 Å². The molecule has 1 aliphatic heterocycles. The zero-order valence-electron chi connectivity index (χ0n) is 13.4. The first kappa shape index (κ1) is 21.0. The van der Waals surface area contributed by atoms with Crippen LogP contribution in [-0.2, 0) is 0 Å². The van der Waals surface area contributed by atoms with Gasteiger partial charge < -0.3 is 15.5 Å². The van der Waals surface area contributed by atoms with Crippen molar-refractivity contribution >= 4 is 36.4 Å². The van der Waals surface area contributed by atoms with E-state index in [1.807, 2.05) is 20.0 Å². The van der Waals surface area contributed by atoms with E-state index in [9.17, 15) is 4.79 Å². The van der Waals surface area contributed by atoms with Crippen LogP contribution in [-0.4, -0.2) is 39.1 Å². The number of nitrogens with one attached hydrogen (secondary N) is 2. The van der Waals surface area contributed by atoms with Crippen LogP contribution in [0.25, 0.3) is 0 Å². The van der Waals surface area contributed by atoms with Crippen molar-refractivity contribution < 1.29 is 4.79 Å². The summed E-state index contributed by atoms with van der Waals surface area (Å²) in [5, 5.41) is 6.11. The van der Waals surface area contributed by atoms with Crippen LogP contribution in [0.2, 0.25) is 0 Å². The van der Waals surface area contributed by atoms with Crippen LogP contribution < -0.4 is 15.5 Å². The lowest BCUT2D eigenvalue weighted by atomic mass is 10.1. The van der Waals surface area contributed by atoms with Crippen LogP contribution in [0.5, 0.6) is 0 Å². The lowest BCUT2D eigenvalue weighted by Gasteiger charge is -2.21. The van der Waals surface area contributed by atoms with Gasteiger partial charge in [0.25, 0.3) is 5.91 Å². The summed E-state index contributed by atoms with van der Waals surface area (Å²) in [4.78, 5) is 14.7. The zero-order chi connectivity index (χ0) is 14.4. The monoisotopic (exact) mass is 347 g/mol. The molecule has 0 bridgehead atoms. The highest BCUT2D eigenvalue weighted by Crippen LogP contribution is 2.25. The molecule has 1 aromatic carbocycles. The molecule has 1 amide bonds. The summed E-state index contributed by atoms with van der Waals surface area (Å²) in [6.07, 6.45) is 3.39. The second-order valence-electron chi connectivity index (χ2n) is 5.43. The molecule has 0 spiro atoms. The maximum absolute atomic E-state index is 12.4. The molecule has 2 N–H and O–H groups in total. The molecule has 1 saturated heterocycles. The van der Waals surface area contributed by atoms with Crippen molar-refractivity contribution in [3.63, 3.8) is 0 Å². The molecule has 1 fully saturated rings. The third-order valence-electron chi connectivity index (χ3n) is 3.73. The number of benzene rings is 1. The Morgan fingerprint density at radius 2 is 1.86 bits per heavy atom. The topological polar surface area (TPSA) is 44.4 Å². The summed E-state index contributed by atoms with van der Waals surface area (Å²) in [6, 6.07) is 6.18. The zero-order valence-corrected chi connectivity index (χ0v) is 15.0. The molecule has 4 nitrogen and oxygen atoms in total. The van der Waals surface area contributed by atoms with Gasteiger partial charge in [-0.15, -0.1) is 24.8 Å². The molecule has 0 atom stereocenters. The smallest absolute Gasteiger partial charge is 0.253 e. The van der Waals surface area contributed by atoms with Crippen LogP contribution in [0.15, 0.2) is 18.2 Å². The Balaban J connectivity index is 0.00000220. The van der Waals surface area contributed by atoms with Gasteiger partial charge in [0.05, 0.1) is 5.56 Å². The van der Waals surface area contributed by atoms with E-state index in [2.05, 4.69) is 27.7 Å². The van der Waals surface area contributed by atoms with Gasteiger partial charge in [-0.3, -0.25) is 4.79 Å². The van der Waals surface area contributed by atoms with Gasteiger partial charge in [-0.25, -0.2) is 0 Å². The Bertz CT molecular complexity index is 463. The summed E-state index contributed by atoms with van der Waals surface area (Å²) in [6.45, 7) is 5.79. The minimum Gasteiger partial charge on any atom is -0.371 e. The molecule has 22 heavy (non-hydrogen) atoms. The van der Waals surface area contributed by atoms with Crippen LogP contribution in [0, 0.1) is 6.92 Å². The van der Waals surface area contributed by atoms with Gasteiger partial charge in [-0.2, -0.15) is 0 Å². The first-order valence-electron chi connectivity index (χ1n) is 7.51. The van der Waals surface area contributed by atoms with Crippen molar-refractivity contribution in [3.05, 3.63) is 29.3 Å². The number of aryl methyl sites for hydroxylation is 1. The van der Waals surface area contributed by atoms with E-state index in [0.29, 0.717) is 6.54 Å². The number of carbonyl (C=O) groups is 1. The molecule has 126 valence electrons. The van der Waals surface area contributed by atoms with Gasteiger partial charge >= 0.3 is 0 Å². The Kier molecular flexibility index (Phi) is 10.2. The Labute approximate surface area is 145 Å². The van der Waals surface area contributed by atoms with Gasteiger partial charge in [0.15, 0.2) is 0 Å². The van der Waals surface area contributed by atoms with Crippen molar-refractivity contribution in [2.45, 2.75) is 26.2 Å². The lowest BCUT2D eigenvalue weighted by molar-refractivity contribution is 0.0953. The summed E-state index contributed by atoms with van der Waals surface area (Å²) in [5.41, 5.74) is 3.03. The summed E-state index contributed by atoms with van der Waals surface area (Å²) < 4.78 is 0.